The molecule has 2 N–H and O–H groups in total. The van der Waals surface area contributed by atoms with Gasteiger partial charge in [0.25, 0.3) is 0 Å². The van der Waals surface area contributed by atoms with Gasteiger partial charge in [-0.1, -0.05) is 0 Å². The molecule has 19 heavy (non-hydrogen) atoms. The van der Waals surface area contributed by atoms with Gasteiger partial charge in [0.05, 0.1) is 19.3 Å². The van der Waals surface area contributed by atoms with Crippen molar-refractivity contribution in [2.75, 3.05) is 26.7 Å². The van der Waals surface area contributed by atoms with Crippen LogP contribution in [0.5, 0.6) is 11.5 Å². The molecule has 0 aliphatic carbocycles. The van der Waals surface area contributed by atoms with Crippen LogP contribution >= 0.6 is 0 Å². The number of hydrogen-bond acceptors (Lipinski definition) is 5. The lowest BCUT2D eigenvalue weighted by Gasteiger charge is -2.19. The molecule has 2 aliphatic rings. The summed E-state index contributed by atoms with van der Waals surface area (Å²) in [4.78, 5) is 2.04. The van der Waals surface area contributed by atoms with Crippen LogP contribution in [-0.4, -0.2) is 60.2 Å². The lowest BCUT2D eigenvalue weighted by molar-refractivity contribution is 0.0572. The molecule has 0 radical (unpaired) electrons. The zero-order valence-corrected chi connectivity index (χ0v) is 11.0. The monoisotopic (exact) mass is 265 g/mol. The van der Waals surface area contributed by atoms with Crippen molar-refractivity contribution in [2.45, 2.75) is 24.7 Å². The van der Waals surface area contributed by atoms with Crippen molar-refractivity contribution in [3.05, 3.63) is 23.8 Å². The number of rotatable bonds is 3. The van der Waals surface area contributed by atoms with E-state index in [2.05, 4.69) is 0 Å². The normalized spacial score (nSPS) is 30.2. The number of likely N-dealkylation sites (tertiary alicyclic amines) is 1. The van der Waals surface area contributed by atoms with Crippen LogP contribution in [-0.2, 0) is 6.42 Å². The second-order valence-electron chi connectivity index (χ2n) is 5.27. The van der Waals surface area contributed by atoms with Crippen LogP contribution < -0.4 is 9.47 Å². The van der Waals surface area contributed by atoms with Gasteiger partial charge in [-0.2, -0.15) is 0 Å². The van der Waals surface area contributed by atoms with E-state index < -0.39 is 12.2 Å². The van der Waals surface area contributed by atoms with E-state index in [1.165, 1.54) is 0 Å². The molecule has 1 aromatic carbocycles. The highest BCUT2D eigenvalue weighted by atomic mass is 16.5. The van der Waals surface area contributed by atoms with Gasteiger partial charge < -0.3 is 19.7 Å². The number of aliphatic hydroxyl groups is 2. The molecule has 104 valence electrons. The number of benzene rings is 1. The third-order valence-electron chi connectivity index (χ3n) is 3.81. The second kappa shape index (κ2) is 5.00. The third-order valence-corrected chi connectivity index (χ3v) is 3.81. The van der Waals surface area contributed by atoms with Crippen molar-refractivity contribution in [1.29, 1.82) is 0 Å². The SMILES string of the molecule is COc1ccc2c(c1)CC(CN1C[C@@H](O)[C@@H](O)C1)O2. The Kier molecular flexibility index (Phi) is 3.35. The number of aliphatic hydroxyl groups excluding tert-OH is 2. The number of ether oxygens (including phenoxy) is 2. The first kappa shape index (κ1) is 12.7. The Labute approximate surface area is 112 Å². The summed E-state index contributed by atoms with van der Waals surface area (Å²) in [6.45, 7) is 1.76. The van der Waals surface area contributed by atoms with Crippen LogP contribution in [0.1, 0.15) is 5.56 Å². The predicted octanol–water partition coefficient (Wildman–Crippen LogP) is 0.0361. The largest absolute Gasteiger partial charge is 0.497 e. The fraction of sp³-hybridized carbons (Fsp3) is 0.571. The van der Waals surface area contributed by atoms with Crippen molar-refractivity contribution in [1.82, 2.24) is 4.90 Å². The summed E-state index contributed by atoms with van der Waals surface area (Å²) >= 11 is 0. The summed E-state index contributed by atoms with van der Waals surface area (Å²) in [6, 6.07) is 5.83. The van der Waals surface area contributed by atoms with Crippen molar-refractivity contribution >= 4 is 0 Å². The number of hydrogen-bond donors (Lipinski definition) is 2. The molecular formula is C14H19NO4. The molecule has 0 aromatic heterocycles. The van der Waals surface area contributed by atoms with Crippen molar-refractivity contribution in [3.8, 4) is 11.5 Å². The van der Waals surface area contributed by atoms with Gasteiger partial charge in [-0.3, -0.25) is 4.90 Å². The summed E-state index contributed by atoms with van der Waals surface area (Å²) in [7, 11) is 1.65. The predicted molar refractivity (Wildman–Crippen MR) is 69.6 cm³/mol. The molecule has 0 saturated carbocycles. The summed E-state index contributed by atoms with van der Waals surface area (Å²) in [5, 5.41) is 19.1. The smallest absolute Gasteiger partial charge is 0.123 e. The van der Waals surface area contributed by atoms with Gasteiger partial charge in [0.1, 0.15) is 17.6 Å². The highest BCUT2D eigenvalue weighted by Gasteiger charge is 2.33. The molecule has 5 nitrogen and oxygen atoms in total. The first-order valence-corrected chi connectivity index (χ1v) is 6.58. The number of β-amino-alcohol motifs (C(OH)–C–C–N with tert-alkyl or cyclic N) is 2. The Morgan fingerprint density at radius 2 is 2.05 bits per heavy atom. The molecule has 3 atom stereocenters. The van der Waals surface area contributed by atoms with Crippen LogP contribution in [0.15, 0.2) is 18.2 Å². The second-order valence-corrected chi connectivity index (χ2v) is 5.27. The molecule has 1 saturated heterocycles. The van der Waals surface area contributed by atoms with Crippen molar-refractivity contribution in [3.63, 3.8) is 0 Å². The molecule has 3 rings (SSSR count). The zero-order valence-electron chi connectivity index (χ0n) is 11.0. The first-order chi connectivity index (χ1) is 9.15. The van der Waals surface area contributed by atoms with Crippen LogP contribution in [0.25, 0.3) is 0 Å². The highest BCUT2D eigenvalue weighted by molar-refractivity contribution is 5.43. The first-order valence-electron chi connectivity index (χ1n) is 6.58. The molecule has 5 heteroatoms. The van der Waals surface area contributed by atoms with Crippen molar-refractivity contribution < 1.29 is 19.7 Å². The summed E-state index contributed by atoms with van der Waals surface area (Å²) in [5.74, 6) is 1.75. The Morgan fingerprint density at radius 3 is 2.74 bits per heavy atom. The number of fused-ring (bicyclic) bond motifs is 1. The van der Waals surface area contributed by atoms with E-state index in [-0.39, 0.29) is 6.10 Å². The van der Waals surface area contributed by atoms with Crippen molar-refractivity contribution in [2.24, 2.45) is 0 Å². The standard InChI is InChI=1S/C14H19NO4/c1-18-10-2-3-14-9(4-10)5-11(19-14)6-15-7-12(16)13(17)8-15/h2-4,11-13,16-17H,5-8H2,1H3/t11?,12-,13+. The number of nitrogens with zero attached hydrogens (tertiary/aromatic N) is 1. The molecular weight excluding hydrogens is 246 g/mol. The average molecular weight is 265 g/mol. The maximum atomic E-state index is 9.53. The highest BCUT2D eigenvalue weighted by Crippen LogP contribution is 2.32. The molecule has 2 aliphatic heterocycles. The lowest BCUT2D eigenvalue weighted by Crippen LogP contribution is -2.34. The Hall–Kier alpha value is -1.30. The molecule has 0 bridgehead atoms. The Morgan fingerprint density at radius 1 is 1.32 bits per heavy atom. The molecule has 1 fully saturated rings. The van der Waals surface area contributed by atoms with Gasteiger partial charge in [0, 0.05) is 31.6 Å². The van der Waals surface area contributed by atoms with Crippen LogP contribution in [0.3, 0.4) is 0 Å². The minimum Gasteiger partial charge on any atom is -0.497 e. The number of methoxy groups -OCH3 is 1. The van der Waals surface area contributed by atoms with Crippen LogP contribution in [0.4, 0.5) is 0 Å². The third kappa shape index (κ3) is 2.54. The van der Waals surface area contributed by atoms with E-state index in [0.717, 1.165) is 30.0 Å². The van der Waals surface area contributed by atoms with E-state index in [1.807, 2.05) is 23.1 Å². The van der Waals surface area contributed by atoms with E-state index in [9.17, 15) is 10.2 Å². The van der Waals surface area contributed by atoms with E-state index in [4.69, 9.17) is 9.47 Å². The lowest BCUT2D eigenvalue weighted by atomic mass is 10.1. The van der Waals surface area contributed by atoms with E-state index in [1.54, 1.807) is 7.11 Å². The fourth-order valence-corrected chi connectivity index (χ4v) is 2.81. The maximum absolute atomic E-state index is 9.53. The van der Waals surface area contributed by atoms with Gasteiger partial charge >= 0.3 is 0 Å². The van der Waals surface area contributed by atoms with Gasteiger partial charge in [0.15, 0.2) is 0 Å². The Balaban J connectivity index is 1.61. The van der Waals surface area contributed by atoms with Gasteiger partial charge in [-0.25, -0.2) is 0 Å². The topological polar surface area (TPSA) is 62.2 Å². The van der Waals surface area contributed by atoms with Gasteiger partial charge in [-0.05, 0) is 18.2 Å². The average Bonchev–Trinajstić information content (AvgIpc) is 2.92. The van der Waals surface area contributed by atoms with Crippen LogP contribution in [0.2, 0.25) is 0 Å². The summed E-state index contributed by atoms with van der Waals surface area (Å²) < 4.78 is 11.1. The summed E-state index contributed by atoms with van der Waals surface area (Å²) in [5.41, 5.74) is 1.16. The van der Waals surface area contributed by atoms with Gasteiger partial charge in [-0.15, -0.1) is 0 Å². The van der Waals surface area contributed by atoms with Gasteiger partial charge in [0.2, 0.25) is 0 Å². The molecule has 1 unspecified atom stereocenters. The van der Waals surface area contributed by atoms with E-state index in [0.29, 0.717) is 13.1 Å². The van der Waals surface area contributed by atoms with E-state index >= 15 is 0 Å². The summed E-state index contributed by atoms with van der Waals surface area (Å²) in [6.07, 6.45) is -0.345. The quantitative estimate of drug-likeness (QED) is 0.808. The minimum atomic E-state index is -0.635. The molecule has 1 aromatic rings. The minimum absolute atomic E-state index is 0.0830. The molecule has 0 spiro atoms. The zero-order chi connectivity index (χ0) is 13.4. The maximum Gasteiger partial charge on any atom is 0.123 e. The Bertz CT molecular complexity index is 455. The van der Waals surface area contributed by atoms with Crippen LogP contribution in [0, 0.1) is 0 Å². The molecule has 0 amide bonds. The molecule has 2 heterocycles. The fourth-order valence-electron chi connectivity index (χ4n) is 2.81.